The maximum Gasteiger partial charge on any atom is 2.00 e. The third-order valence-corrected chi connectivity index (χ3v) is 14.1. The van der Waals surface area contributed by atoms with Crippen molar-refractivity contribution >= 4 is 51.6 Å². The van der Waals surface area contributed by atoms with Gasteiger partial charge in [0.05, 0.1) is 24.1 Å². The number of aliphatic imine (C=N–C) groups is 5. The molecule has 0 atom stereocenters. The first-order chi connectivity index (χ1) is 26.4. The Balaban J connectivity index is 0.00000496. The number of aromatic nitrogens is 1. The topological polar surface area (TPSA) is 116 Å². The molecule has 9 heteroatoms. The van der Waals surface area contributed by atoms with Gasteiger partial charge in [-0.05, 0) is 227 Å². The molecule has 3 aliphatic rings. The SMILES string of the molecule is Cc1c(C)c(C)c2c(c1C)CN=C2N=C1[N-]C(=NC2=N/C(=N\c3[n-]c(N)c4c(C)c(C)c(C)c(C)c34)c3c(C)c(C)c(C)c(C)c32)c2c(C)c(C)c(C)c(C)c21.[Cu+2]. The second-order valence-corrected chi connectivity index (χ2v) is 16.4. The van der Waals surface area contributed by atoms with E-state index in [1.165, 1.54) is 61.2 Å². The molecule has 4 aromatic carbocycles. The van der Waals surface area contributed by atoms with Gasteiger partial charge in [-0.15, -0.1) is 0 Å². The van der Waals surface area contributed by atoms with Gasteiger partial charge in [0.2, 0.25) is 0 Å². The molecule has 0 unspecified atom stereocenters. The summed E-state index contributed by atoms with van der Waals surface area (Å²) in [6.45, 7) is 35.3. The van der Waals surface area contributed by atoms with Crippen molar-refractivity contribution in [2.45, 2.75) is 117 Å². The van der Waals surface area contributed by atoms with Gasteiger partial charge >= 0.3 is 17.1 Å². The maximum absolute atomic E-state index is 6.62. The van der Waals surface area contributed by atoms with Crippen LogP contribution in [0.1, 0.15) is 122 Å². The summed E-state index contributed by atoms with van der Waals surface area (Å²) in [5.41, 5.74) is 32.3. The van der Waals surface area contributed by atoms with E-state index in [9.17, 15) is 0 Å². The van der Waals surface area contributed by atoms with Crippen molar-refractivity contribution in [1.29, 1.82) is 0 Å². The molecular formula is C48H52CuN8. The van der Waals surface area contributed by atoms with E-state index >= 15 is 0 Å². The summed E-state index contributed by atoms with van der Waals surface area (Å²) in [4.78, 5) is 31.1. The number of rotatable bonds is 1. The number of nitrogens with zero attached hydrogens (tertiary/aromatic N) is 7. The second-order valence-electron chi connectivity index (χ2n) is 16.4. The van der Waals surface area contributed by atoms with Crippen LogP contribution in [0.4, 0.5) is 11.6 Å². The fourth-order valence-electron chi connectivity index (χ4n) is 9.23. The zero-order chi connectivity index (χ0) is 40.6. The molecule has 0 aliphatic carbocycles. The van der Waals surface area contributed by atoms with Crippen LogP contribution >= 0.6 is 0 Å². The van der Waals surface area contributed by atoms with E-state index in [1.807, 2.05) is 0 Å². The Morgan fingerprint density at radius 3 is 1.40 bits per heavy atom. The van der Waals surface area contributed by atoms with Crippen molar-refractivity contribution in [3.63, 3.8) is 0 Å². The normalized spacial score (nSPS) is 16.4. The Hall–Kier alpha value is -5.11. The molecule has 5 aromatic rings. The molecule has 295 valence electrons. The van der Waals surface area contributed by atoms with Crippen molar-refractivity contribution in [2.24, 2.45) is 25.0 Å². The molecule has 8 rings (SSSR count). The van der Waals surface area contributed by atoms with E-state index in [-0.39, 0.29) is 17.1 Å². The third-order valence-electron chi connectivity index (χ3n) is 14.1. The van der Waals surface area contributed by atoms with E-state index < -0.39 is 0 Å². The quantitative estimate of drug-likeness (QED) is 0.170. The Morgan fingerprint density at radius 1 is 0.439 bits per heavy atom. The van der Waals surface area contributed by atoms with Gasteiger partial charge in [-0.1, -0.05) is 0 Å². The molecule has 0 spiro atoms. The van der Waals surface area contributed by atoms with Crippen LogP contribution in [0, 0.1) is 111 Å². The van der Waals surface area contributed by atoms with Crippen LogP contribution in [0.25, 0.3) is 16.1 Å². The zero-order valence-electron chi connectivity index (χ0n) is 36.2. The fourth-order valence-corrected chi connectivity index (χ4v) is 9.23. The first-order valence-corrected chi connectivity index (χ1v) is 19.6. The van der Waals surface area contributed by atoms with Crippen LogP contribution in [-0.4, -0.2) is 29.2 Å². The van der Waals surface area contributed by atoms with Gasteiger partial charge in [0.25, 0.3) is 0 Å². The van der Waals surface area contributed by atoms with Crippen LogP contribution in [0.2, 0.25) is 0 Å². The average Bonchev–Trinajstić information content (AvgIpc) is 3.93. The summed E-state index contributed by atoms with van der Waals surface area (Å²) in [5, 5.41) is 7.23. The summed E-state index contributed by atoms with van der Waals surface area (Å²) in [6.07, 6.45) is 0. The van der Waals surface area contributed by atoms with Crippen LogP contribution in [0.5, 0.6) is 0 Å². The van der Waals surface area contributed by atoms with Crippen molar-refractivity contribution < 1.29 is 17.1 Å². The fraction of sp³-hybridized carbons (Fsp3) is 0.354. The summed E-state index contributed by atoms with van der Waals surface area (Å²) >= 11 is 0. The zero-order valence-corrected chi connectivity index (χ0v) is 37.2. The molecule has 4 heterocycles. The summed E-state index contributed by atoms with van der Waals surface area (Å²) in [6, 6.07) is 0. The first-order valence-electron chi connectivity index (χ1n) is 19.6. The Bertz CT molecular complexity index is 2850. The molecule has 3 aliphatic heterocycles. The molecule has 57 heavy (non-hydrogen) atoms. The standard InChI is InChI=1S/C48H52N8.Cu/c1-18-19(2)27(10)35-34(26(18)9)17-50-43(35)52-45-38-30(13)22(5)23(6)31(14)39(38)47(54-45)56-48-41-33(16)25(8)24(7)32(15)40(41)46(55-48)53-44-37-29(12)21(4)20(3)28(11)36(37)42(49)51-44;/h17,49H2,1-16H3;/q-2;+2. The third kappa shape index (κ3) is 5.56. The molecule has 1 aromatic heterocycles. The monoisotopic (exact) mass is 803 g/mol. The Labute approximate surface area is 347 Å². The molecule has 0 bridgehead atoms. The minimum absolute atomic E-state index is 0. The minimum atomic E-state index is 0. The number of amidine groups is 5. The molecular weight excluding hydrogens is 752 g/mol. The van der Waals surface area contributed by atoms with Gasteiger partial charge < -0.3 is 31.0 Å². The molecule has 1 radical (unpaired) electrons. The van der Waals surface area contributed by atoms with Crippen LogP contribution in [0.3, 0.4) is 0 Å². The number of hydrogen-bond acceptors (Lipinski definition) is 5. The van der Waals surface area contributed by atoms with Gasteiger partial charge in [0.1, 0.15) is 0 Å². The predicted molar refractivity (Wildman–Crippen MR) is 236 cm³/mol. The summed E-state index contributed by atoms with van der Waals surface area (Å²) < 4.78 is 0. The molecule has 0 amide bonds. The van der Waals surface area contributed by atoms with E-state index in [0.717, 1.165) is 77.8 Å². The number of fused-ring (bicyclic) bond motifs is 4. The Kier molecular flexibility index (Phi) is 9.69. The van der Waals surface area contributed by atoms with Crippen molar-refractivity contribution in [3.8, 4) is 0 Å². The van der Waals surface area contributed by atoms with Crippen molar-refractivity contribution in [2.75, 3.05) is 5.73 Å². The first kappa shape index (κ1) is 40.1. The van der Waals surface area contributed by atoms with Crippen molar-refractivity contribution in [3.05, 3.63) is 128 Å². The van der Waals surface area contributed by atoms with Gasteiger partial charge in [-0.3, -0.25) is 4.99 Å². The number of aryl methyl sites for hydroxylation is 2. The van der Waals surface area contributed by atoms with E-state index in [2.05, 4.69) is 111 Å². The van der Waals surface area contributed by atoms with Crippen molar-refractivity contribution in [1.82, 2.24) is 4.98 Å². The number of nitrogen functional groups attached to an aromatic ring is 1. The largest absolute Gasteiger partial charge is 2.00 e. The van der Waals surface area contributed by atoms with Gasteiger partial charge in [-0.2, -0.15) is 0 Å². The van der Waals surface area contributed by atoms with E-state index in [1.54, 1.807) is 0 Å². The smallest absolute Gasteiger partial charge is 0.455 e. The summed E-state index contributed by atoms with van der Waals surface area (Å²) in [5.74, 6) is 4.25. The van der Waals surface area contributed by atoms with E-state index in [0.29, 0.717) is 41.5 Å². The number of benzene rings is 4. The van der Waals surface area contributed by atoms with E-state index in [4.69, 9.17) is 41.0 Å². The van der Waals surface area contributed by atoms with Gasteiger partial charge in [-0.25, -0.2) is 4.99 Å². The molecule has 0 saturated carbocycles. The second kappa shape index (κ2) is 13.8. The number of hydrogen-bond donors (Lipinski definition) is 1. The molecule has 0 fully saturated rings. The summed E-state index contributed by atoms with van der Waals surface area (Å²) in [7, 11) is 0. The van der Waals surface area contributed by atoms with Gasteiger partial charge in [0.15, 0.2) is 0 Å². The minimum Gasteiger partial charge on any atom is -0.455 e. The average molecular weight is 805 g/mol. The van der Waals surface area contributed by atoms with Gasteiger partial charge in [0, 0.05) is 40.0 Å². The molecule has 2 N–H and O–H groups in total. The van der Waals surface area contributed by atoms with Crippen LogP contribution < -0.4 is 10.7 Å². The number of nitrogens with two attached hydrogens (primary N) is 1. The van der Waals surface area contributed by atoms with Crippen LogP contribution in [-0.2, 0) is 23.6 Å². The Morgan fingerprint density at radius 2 is 0.860 bits per heavy atom. The molecule has 0 saturated heterocycles. The predicted octanol–water partition coefficient (Wildman–Crippen LogP) is 10.7. The maximum atomic E-state index is 6.62. The molecule has 8 nitrogen and oxygen atoms in total. The van der Waals surface area contributed by atoms with Crippen LogP contribution in [0.15, 0.2) is 25.0 Å². The number of anilines is 1.